The van der Waals surface area contributed by atoms with E-state index in [2.05, 4.69) is 27.7 Å². The quantitative estimate of drug-likeness (QED) is 0.217. The second-order valence-corrected chi connectivity index (χ2v) is 19.4. The van der Waals surface area contributed by atoms with Crippen LogP contribution >= 0.6 is 0 Å². The Balaban J connectivity index is 3.58. The van der Waals surface area contributed by atoms with Gasteiger partial charge in [-0.05, 0) is 0 Å². The van der Waals surface area contributed by atoms with Crippen LogP contribution in [0.15, 0.2) is 0 Å². The first-order valence-corrected chi connectivity index (χ1v) is 16.6. The number of unbranched alkanes of at least 4 members (excludes halogenated alkanes) is 8. The van der Waals surface area contributed by atoms with Gasteiger partial charge in [0.2, 0.25) is 0 Å². The summed E-state index contributed by atoms with van der Waals surface area (Å²) in [5.74, 6) is 0. The van der Waals surface area contributed by atoms with Gasteiger partial charge in [-0.25, -0.2) is 0 Å². The van der Waals surface area contributed by atoms with Crippen molar-refractivity contribution in [2.24, 2.45) is 0 Å². The molecule has 0 aliphatic heterocycles. The Morgan fingerprint density at radius 1 is 0.600 bits per heavy atom. The molecule has 2 heteroatoms. The van der Waals surface area contributed by atoms with Crippen LogP contribution in [0.5, 0.6) is 0 Å². The summed E-state index contributed by atoms with van der Waals surface area (Å²) in [4.78, 5) is 0. The first-order chi connectivity index (χ1) is 9.74. The van der Waals surface area contributed by atoms with Crippen LogP contribution in [0.25, 0.3) is 0 Å². The normalized spacial score (nSPS) is 12.0. The summed E-state index contributed by atoms with van der Waals surface area (Å²) < 4.78 is 10.7. The number of hydrogen-bond acceptors (Lipinski definition) is 1. The Bertz CT molecular complexity index is 190. The zero-order valence-corrected chi connectivity index (χ0v) is 17.7. The molecule has 0 aromatic heterocycles. The summed E-state index contributed by atoms with van der Waals surface area (Å²) in [6.45, 7) is 10.4. The van der Waals surface area contributed by atoms with Gasteiger partial charge in [0.25, 0.3) is 0 Å². The topological polar surface area (TPSA) is 9.23 Å². The predicted molar refractivity (Wildman–Crippen MR) is 95.0 cm³/mol. The molecule has 0 N–H and O–H groups in total. The molecule has 0 aliphatic rings. The van der Waals surface area contributed by atoms with Gasteiger partial charge in [-0.2, -0.15) is 0 Å². The minimum atomic E-state index is -2.13. The van der Waals surface area contributed by atoms with Crippen molar-refractivity contribution in [1.29, 1.82) is 0 Å². The molecule has 0 unspecified atom stereocenters. The summed E-state index contributed by atoms with van der Waals surface area (Å²) in [6, 6.07) is 0. The van der Waals surface area contributed by atoms with Crippen molar-refractivity contribution >= 4 is 18.8 Å². The SMILES string of the molecule is CCCCCCCCCC[O][Sn]([CH2]C)([CH2]C)[CH2]CCC. The third kappa shape index (κ3) is 10.5. The van der Waals surface area contributed by atoms with Gasteiger partial charge in [0.1, 0.15) is 0 Å². The van der Waals surface area contributed by atoms with Gasteiger partial charge in [-0.15, -0.1) is 0 Å². The summed E-state index contributed by atoms with van der Waals surface area (Å²) in [5, 5.41) is 0. The minimum absolute atomic E-state index is 1.07. The van der Waals surface area contributed by atoms with E-state index in [1.54, 1.807) is 0 Å². The van der Waals surface area contributed by atoms with Crippen molar-refractivity contribution in [2.45, 2.75) is 105 Å². The molecule has 0 saturated carbocycles. The van der Waals surface area contributed by atoms with Gasteiger partial charge in [0.05, 0.1) is 0 Å². The average molecular weight is 391 g/mol. The molecule has 0 heterocycles. The molecule has 0 fully saturated rings. The number of rotatable bonds is 15. The zero-order valence-electron chi connectivity index (χ0n) is 14.8. The van der Waals surface area contributed by atoms with Crippen LogP contribution < -0.4 is 0 Å². The molecular weight excluding hydrogens is 351 g/mol. The van der Waals surface area contributed by atoms with Crippen molar-refractivity contribution in [3.63, 3.8) is 0 Å². The zero-order chi connectivity index (χ0) is 15.1. The van der Waals surface area contributed by atoms with Gasteiger partial charge in [-0.1, -0.05) is 0 Å². The Kier molecular flexibility index (Phi) is 15.2. The van der Waals surface area contributed by atoms with Crippen LogP contribution in [0.2, 0.25) is 13.3 Å². The first-order valence-electron chi connectivity index (χ1n) is 9.38. The maximum absolute atomic E-state index is 6.49. The first kappa shape index (κ1) is 20.8. The van der Waals surface area contributed by atoms with E-state index in [4.69, 9.17) is 3.07 Å². The molecular formula is C18H40OSn. The molecule has 20 heavy (non-hydrogen) atoms. The molecule has 0 spiro atoms. The summed E-state index contributed by atoms with van der Waals surface area (Å²) in [7, 11) is 0. The Morgan fingerprint density at radius 2 is 1.10 bits per heavy atom. The van der Waals surface area contributed by atoms with Gasteiger partial charge in [0.15, 0.2) is 0 Å². The van der Waals surface area contributed by atoms with Crippen molar-refractivity contribution in [2.75, 3.05) is 6.61 Å². The molecule has 122 valence electrons. The van der Waals surface area contributed by atoms with E-state index >= 15 is 0 Å². The fourth-order valence-electron chi connectivity index (χ4n) is 2.90. The summed E-state index contributed by atoms with van der Waals surface area (Å²) >= 11 is -2.13. The maximum atomic E-state index is 6.49. The third-order valence-corrected chi connectivity index (χ3v) is 18.0. The second-order valence-electron chi connectivity index (χ2n) is 6.32. The van der Waals surface area contributed by atoms with E-state index in [1.807, 2.05) is 0 Å². The van der Waals surface area contributed by atoms with E-state index in [-0.39, 0.29) is 0 Å². The van der Waals surface area contributed by atoms with Crippen LogP contribution in [0.4, 0.5) is 0 Å². The van der Waals surface area contributed by atoms with Crippen LogP contribution in [-0.2, 0) is 3.07 Å². The Morgan fingerprint density at radius 3 is 1.60 bits per heavy atom. The number of hydrogen-bond donors (Lipinski definition) is 0. The van der Waals surface area contributed by atoms with Crippen LogP contribution in [0.3, 0.4) is 0 Å². The predicted octanol–water partition coefficient (Wildman–Crippen LogP) is 6.93. The van der Waals surface area contributed by atoms with E-state index < -0.39 is 18.8 Å². The van der Waals surface area contributed by atoms with Crippen LogP contribution in [-0.4, -0.2) is 25.4 Å². The third-order valence-electron chi connectivity index (χ3n) is 4.68. The van der Waals surface area contributed by atoms with Crippen LogP contribution in [0.1, 0.15) is 91.9 Å². The van der Waals surface area contributed by atoms with E-state index in [1.165, 1.54) is 77.5 Å². The fourth-order valence-corrected chi connectivity index (χ4v) is 12.4. The van der Waals surface area contributed by atoms with Crippen molar-refractivity contribution in [3.05, 3.63) is 0 Å². The average Bonchev–Trinajstić information content (AvgIpc) is 2.49. The Labute approximate surface area is 133 Å². The van der Waals surface area contributed by atoms with Gasteiger partial charge >= 0.3 is 134 Å². The second kappa shape index (κ2) is 14.7. The molecule has 0 saturated heterocycles. The molecule has 0 rings (SSSR count). The van der Waals surface area contributed by atoms with E-state index in [0.29, 0.717) is 0 Å². The van der Waals surface area contributed by atoms with Crippen molar-refractivity contribution in [1.82, 2.24) is 0 Å². The monoisotopic (exact) mass is 392 g/mol. The van der Waals surface area contributed by atoms with E-state index in [9.17, 15) is 0 Å². The Hall–Kier alpha value is 0.759. The summed E-state index contributed by atoms with van der Waals surface area (Å²) in [6.07, 6.45) is 13.9. The van der Waals surface area contributed by atoms with Crippen molar-refractivity contribution in [3.8, 4) is 0 Å². The molecule has 0 bridgehead atoms. The molecule has 1 nitrogen and oxygen atoms in total. The molecule has 0 radical (unpaired) electrons. The summed E-state index contributed by atoms with van der Waals surface area (Å²) in [5.41, 5.74) is 0. The fraction of sp³-hybridized carbons (Fsp3) is 1.00. The molecule has 0 aromatic rings. The van der Waals surface area contributed by atoms with Gasteiger partial charge < -0.3 is 0 Å². The molecule has 0 aliphatic carbocycles. The molecule has 0 amide bonds. The van der Waals surface area contributed by atoms with Gasteiger partial charge in [-0.3, -0.25) is 0 Å². The molecule has 0 aromatic carbocycles. The molecule has 0 atom stereocenters. The van der Waals surface area contributed by atoms with Crippen LogP contribution in [0, 0.1) is 0 Å². The van der Waals surface area contributed by atoms with Gasteiger partial charge in [0, 0.05) is 0 Å². The van der Waals surface area contributed by atoms with E-state index in [0.717, 1.165) is 6.61 Å². The van der Waals surface area contributed by atoms with Crippen molar-refractivity contribution < 1.29 is 3.07 Å². The standard InChI is InChI=1S/C10H21O.C4H9.2C2H5.Sn/c1-2-3-4-5-6-7-8-9-10-11;1-3-4-2;2*1-2;/h2-10H2,1H3;1,3-4H2,2H3;2*1H2,2H3;/q-1;;;;+1.